The number of carbonyl (C=O) groups is 2. The van der Waals surface area contributed by atoms with E-state index < -0.39 is 11.7 Å². The molecule has 0 unspecified atom stereocenters. The standard InChI is InChI=1S/C25H21F3N2O3.C25H24N2O4/c1-30-23(31)13-18-12-21(32-2)22(33-3)14-20(18)24(29-30)16-9-7-15(8-10-16)17-5-4-6-19(11-17)25(26,27)28;1-27-24(28)14-19-13-22(30-3)23(31-4)15-21(19)25(26-27)18-7-5-16(6-8-18)17-9-11-20(29-2)12-10-17/h4-12,14H,13H2,1-3H3;5-13,15H,14H2,1-4H3. The molecule has 0 radical (unpaired) electrons. The highest BCUT2D eigenvalue weighted by molar-refractivity contribution is 6.16. The van der Waals surface area contributed by atoms with Gasteiger partial charge in [-0.2, -0.15) is 23.4 Å². The Morgan fingerprint density at radius 3 is 1.23 bits per heavy atom. The number of benzene rings is 6. The second kappa shape index (κ2) is 18.8. The molecule has 6 aromatic carbocycles. The predicted octanol–water partition coefficient (Wildman–Crippen LogP) is 9.30. The molecule has 0 atom stereocenters. The Morgan fingerprint density at radius 2 is 0.844 bits per heavy atom. The van der Waals surface area contributed by atoms with Gasteiger partial charge in [-0.05, 0) is 81.9 Å². The molecule has 0 aliphatic carbocycles. The second-order valence-corrected chi connectivity index (χ2v) is 14.8. The van der Waals surface area contributed by atoms with Gasteiger partial charge in [0.15, 0.2) is 23.0 Å². The highest BCUT2D eigenvalue weighted by Crippen LogP contribution is 2.37. The monoisotopic (exact) mass is 870 g/mol. The third-order valence-electron chi connectivity index (χ3n) is 10.9. The number of fused-ring (bicyclic) bond motifs is 2. The van der Waals surface area contributed by atoms with E-state index in [1.54, 1.807) is 77.9 Å². The van der Waals surface area contributed by atoms with Crippen LogP contribution < -0.4 is 23.7 Å². The van der Waals surface area contributed by atoms with E-state index in [2.05, 4.69) is 10.2 Å². The van der Waals surface area contributed by atoms with Crippen LogP contribution in [0.15, 0.2) is 132 Å². The van der Waals surface area contributed by atoms with Gasteiger partial charge in [-0.25, -0.2) is 10.0 Å². The third-order valence-corrected chi connectivity index (χ3v) is 10.9. The lowest BCUT2D eigenvalue weighted by Gasteiger charge is -2.15. The van der Waals surface area contributed by atoms with E-state index in [9.17, 15) is 22.8 Å². The summed E-state index contributed by atoms with van der Waals surface area (Å²) >= 11 is 0. The summed E-state index contributed by atoms with van der Waals surface area (Å²) in [7, 11) is 11.1. The average Bonchev–Trinajstić information content (AvgIpc) is 3.52. The minimum Gasteiger partial charge on any atom is -0.497 e. The first-order valence-corrected chi connectivity index (χ1v) is 20.0. The zero-order valence-electron chi connectivity index (χ0n) is 36.2. The Hall–Kier alpha value is -7.61. The Labute approximate surface area is 368 Å². The molecule has 0 saturated heterocycles. The van der Waals surface area contributed by atoms with Crippen molar-refractivity contribution in [3.63, 3.8) is 0 Å². The smallest absolute Gasteiger partial charge is 0.416 e. The SMILES string of the molecule is COc1cc2c(cc1OC)C(c1ccc(-c3cccc(C(F)(F)F)c3)cc1)=NN(C)C(=O)C2.COc1ccc(-c2ccc(C3=NN(C)C(=O)Cc4cc(OC)c(OC)cc43)cc2)cc1. The Morgan fingerprint density at radius 1 is 0.469 bits per heavy atom. The van der Waals surface area contributed by atoms with Crippen molar-refractivity contribution in [3.05, 3.63) is 160 Å². The van der Waals surface area contributed by atoms with Gasteiger partial charge < -0.3 is 23.7 Å². The summed E-state index contributed by atoms with van der Waals surface area (Å²) in [5.74, 6) is 2.75. The maximum absolute atomic E-state index is 13.1. The lowest BCUT2D eigenvalue weighted by atomic mass is 9.94. The summed E-state index contributed by atoms with van der Waals surface area (Å²) in [6.07, 6.45) is -4.03. The van der Waals surface area contributed by atoms with Crippen LogP contribution in [0.1, 0.15) is 38.9 Å². The van der Waals surface area contributed by atoms with Crippen molar-refractivity contribution in [1.29, 1.82) is 0 Å². The number of carbonyl (C=O) groups excluding carboxylic acids is 2. The quantitative estimate of drug-likeness (QED) is 0.142. The van der Waals surface area contributed by atoms with Crippen molar-refractivity contribution in [2.45, 2.75) is 19.0 Å². The van der Waals surface area contributed by atoms with Crippen LogP contribution in [0.2, 0.25) is 0 Å². The first-order valence-electron chi connectivity index (χ1n) is 20.0. The minimum absolute atomic E-state index is 0.0849. The van der Waals surface area contributed by atoms with Gasteiger partial charge in [-0.3, -0.25) is 9.59 Å². The maximum atomic E-state index is 13.1. The van der Waals surface area contributed by atoms with Gasteiger partial charge in [0.1, 0.15) is 5.75 Å². The van der Waals surface area contributed by atoms with Gasteiger partial charge >= 0.3 is 6.18 Å². The first kappa shape index (κ1) is 44.4. The van der Waals surface area contributed by atoms with Gasteiger partial charge in [-0.15, -0.1) is 0 Å². The van der Waals surface area contributed by atoms with E-state index in [1.165, 1.54) is 30.3 Å². The molecule has 14 heteroatoms. The van der Waals surface area contributed by atoms with E-state index >= 15 is 0 Å². The number of amides is 2. The van der Waals surface area contributed by atoms with Crippen molar-refractivity contribution >= 4 is 23.2 Å². The number of likely N-dealkylation sites (N-methyl/N-ethyl adjacent to an activating group) is 2. The Bertz CT molecular complexity index is 2750. The molecule has 2 amide bonds. The Balaban J connectivity index is 0.000000192. The van der Waals surface area contributed by atoms with Crippen LogP contribution in [0.4, 0.5) is 13.2 Å². The minimum atomic E-state index is -4.41. The normalized spacial score (nSPS) is 13.5. The lowest BCUT2D eigenvalue weighted by Crippen LogP contribution is -2.22. The number of hydrogen-bond acceptors (Lipinski definition) is 9. The van der Waals surface area contributed by atoms with Crippen molar-refractivity contribution in [2.24, 2.45) is 10.2 Å². The summed E-state index contributed by atoms with van der Waals surface area (Å²) in [4.78, 5) is 25.1. The Kier molecular flexibility index (Phi) is 13.0. The molecule has 0 spiro atoms. The molecular weight excluding hydrogens is 826 g/mol. The molecule has 2 aliphatic heterocycles. The van der Waals surface area contributed by atoms with Crippen LogP contribution in [0.3, 0.4) is 0 Å². The highest BCUT2D eigenvalue weighted by Gasteiger charge is 2.31. The van der Waals surface area contributed by atoms with Gasteiger partial charge in [-0.1, -0.05) is 72.8 Å². The van der Waals surface area contributed by atoms with Crippen LogP contribution in [0, 0.1) is 0 Å². The van der Waals surface area contributed by atoms with Gasteiger partial charge in [0, 0.05) is 36.3 Å². The molecule has 11 nitrogen and oxygen atoms in total. The van der Waals surface area contributed by atoms with Crippen molar-refractivity contribution in [3.8, 4) is 51.0 Å². The van der Waals surface area contributed by atoms with E-state index in [1.807, 2.05) is 60.7 Å². The average molecular weight is 871 g/mol. The second-order valence-electron chi connectivity index (χ2n) is 14.8. The van der Waals surface area contributed by atoms with E-state index in [-0.39, 0.29) is 24.7 Å². The van der Waals surface area contributed by atoms with Gasteiger partial charge in [0.2, 0.25) is 11.8 Å². The number of nitrogens with zero attached hydrogens (tertiary/aromatic N) is 4. The van der Waals surface area contributed by atoms with Crippen molar-refractivity contribution in [2.75, 3.05) is 49.6 Å². The molecule has 0 aromatic heterocycles. The van der Waals surface area contributed by atoms with Crippen LogP contribution in [-0.4, -0.2) is 82.9 Å². The summed E-state index contributed by atoms with van der Waals surface area (Å²) in [5, 5.41) is 11.8. The number of hydrazone groups is 2. The molecule has 2 heterocycles. The molecular formula is C50H45F3N4O7. The zero-order valence-corrected chi connectivity index (χ0v) is 36.2. The molecule has 0 N–H and O–H groups in total. The largest absolute Gasteiger partial charge is 0.497 e. The lowest BCUT2D eigenvalue weighted by molar-refractivity contribution is -0.137. The van der Waals surface area contributed by atoms with Crippen LogP contribution in [-0.2, 0) is 28.6 Å². The number of methoxy groups -OCH3 is 5. The predicted molar refractivity (Wildman–Crippen MR) is 239 cm³/mol. The van der Waals surface area contributed by atoms with Crippen molar-refractivity contribution < 1.29 is 46.4 Å². The molecule has 2 aliphatic rings. The van der Waals surface area contributed by atoms with Crippen molar-refractivity contribution in [1.82, 2.24) is 10.0 Å². The van der Waals surface area contributed by atoms with Crippen LogP contribution in [0.25, 0.3) is 22.3 Å². The number of hydrogen-bond donors (Lipinski definition) is 0. The first-order chi connectivity index (χ1) is 30.7. The summed E-state index contributed by atoms with van der Waals surface area (Å²) in [6, 6.07) is 35.5. The number of halogens is 3. The summed E-state index contributed by atoms with van der Waals surface area (Å²) in [6.45, 7) is 0. The fourth-order valence-electron chi connectivity index (χ4n) is 7.38. The summed E-state index contributed by atoms with van der Waals surface area (Å²) in [5.41, 5.74) is 8.61. The molecule has 8 rings (SSSR count). The zero-order chi connectivity index (χ0) is 45.7. The highest BCUT2D eigenvalue weighted by atomic mass is 19.4. The molecule has 0 saturated carbocycles. The topological polar surface area (TPSA) is 111 Å². The molecule has 0 bridgehead atoms. The number of alkyl halides is 3. The van der Waals surface area contributed by atoms with E-state index in [0.29, 0.717) is 51.1 Å². The molecule has 6 aromatic rings. The van der Waals surface area contributed by atoms with E-state index in [4.69, 9.17) is 23.7 Å². The number of rotatable bonds is 9. The maximum Gasteiger partial charge on any atom is 0.416 e. The number of ether oxygens (including phenoxy) is 5. The van der Waals surface area contributed by atoms with Crippen LogP contribution in [0.5, 0.6) is 28.7 Å². The molecule has 328 valence electrons. The third kappa shape index (κ3) is 9.41. The fourth-order valence-corrected chi connectivity index (χ4v) is 7.38. The van der Waals surface area contributed by atoms with E-state index in [0.717, 1.165) is 56.8 Å². The van der Waals surface area contributed by atoms with Crippen LogP contribution >= 0.6 is 0 Å². The van der Waals surface area contributed by atoms with Gasteiger partial charge in [0.25, 0.3) is 0 Å². The van der Waals surface area contributed by atoms with Gasteiger partial charge in [0.05, 0.1) is 65.4 Å². The molecule has 0 fully saturated rings. The molecule has 64 heavy (non-hydrogen) atoms. The fraction of sp³-hybridized carbons (Fsp3) is 0.200. The summed E-state index contributed by atoms with van der Waals surface area (Å²) < 4.78 is 66.2.